The normalized spacial score (nSPS) is 17.4. The zero-order valence-corrected chi connectivity index (χ0v) is 12.3. The molecule has 0 saturated heterocycles. The molecule has 0 fully saturated rings. The van der Waals surface area contributed by atoms with Gasteiger partial charge in [-0.05, 0) is 36.2 Å². The molecule has 0 radical (unpaired) electrons. The molecule has 4 rings (SSSR count). The quantitative estimate of drug-likeness (QED) is 0.765. The molecule has 0 aliphatic carbocycles. The molecule has 3 nitrogen and oxygen atoms in total. The zero-order chi connectivity index (χ0) is 14.1. The SMILES string of the molecule is c1ccc2c(c1)SCCC2Nc1ccc2nccnc2c1. The molecule has 21 heavy (non-hydrogen) atoms. The zero-order valence-electron chi connectivity index (χ0n) is 11.5. The minimum Gasteiger partial charge on any atom is -0.378 e. The van der Waals surface area contributed by atoms with Crippen LogP contribution in [0.15, 0.2) is 59.8 Å². The van der Waals surface area contributed by atoms with E-state index in [1.54, 1.807) is 12.4 Å². The molecule has 1 unspecified atom stereocenters. The van der Waals surface area contributed by atoms with Crippen LogP contribution in [0.4, 0.5) is 5.69 Å². The first-order valence-corrected chi connectivity index (χ1v) is 8.08. The van der Waals surface area contributed by atoms with Gasteiger partial charge in [-0.15, -0.1) is 11.8 Å². The highest BCUT2D eigenvalue weighted by Gasteiger charge is 2.20. The van der Waals surface area contributed by atoms with Gasteiger partial charge in [-0.25, -0.2) is 0 Å². The standard InChI is InChI=1S/C17H15N3S/c1-2-4-17-13(3-1)14(7-10-21-17)20-12-5-6-15-16(11-12)19-9-8-18-15/h1-6,8-9,11,14,20H,7,10H2. The lowest BCUT2D eigenvalue weighted by molar-refractivity contribution is 0.729. The second kappa shape index (κ2) is 5.37. The van der Waals surface area contributed by atoms with Crippen molar-refractivity contribution in [1.82, 2.24) is 9.97 Å². The first-order chi connectivity index (χ1) is 10.4. The molecule has 0 amide bonds. The van der Waals surface area contributed by atoms with Crippen LogP contribution in [-0.4, -0.2) is 15.7 Å². The number of fused-ring (bicyclic) bond motifs is 2. The molecule has 2 heterocycles. The van der Waals surface area contributed by atoms with Crippen molar-refractivity contribution in [2.45, 2.75) is 17.4 Å². The highest BCUT2D eigenvalue weighted by Crippen LogP contribution is 2.37. The second-order valence-corrected chi connectivity index (χ2v) is 6.27. The Kier molecular flexibility index (Phi) is 3.24. The van der Waals surface area contributed by atoms with Crippen LogP contribution < -0.4 is 5.32 Å². The number of nitrogens with one attached hydrogen (secondary N) is 1. The minimum absolute atomic E-state index is 0.372. The summed E-state index contributed by atoms with van der Waals surface area (Å²) in [5, 5.41) is 3.65. The monoisotopic (exact) mass is 293 g/mol. The van der Waals surface area contributed by atoms with E-state index >= 15 is 0 Å². The lowest BCUT2D eigenvalue weighted by atomic mass is 10.0. The Morgan fingerprint density at radius 3 is 2.81 bits per heavy atom. The molecule has 2 aromatic carbocycles. The molecule has 1 aromatic heterocycles. The van der Waals surface area contributed by atoms with E-state index in [1.165, 1.54) is 10.5 Å². The number of hydrogen-bond acceptors (Lipinski definition) is 4. The van der Waals surface area contributed by atoms with Gasteiger partial charge in [0, 0.05) is 28.7 Å². The Bertz CT molecular complexity index is 788. The van der Waals surface area contributed by atoms with Crippen molar-refractivity contribution in [3.05, 3.63) is 60.4 Å². The van der Waals surface area contributed by atoms with Crippen molar-refractivity contribution in [3.8, 4) is 0 Å². The highest BCUT2D eigenvalue weighted by molar-refractivity contribution is 7.99. The maximum atomic E-state index is 4.37. The van der Waals surface area contributed by atoms with Crippen LogP contribution in [0.25, 0.3) is 11.0 Å². The van der Waals surface area contributed by atoms with E-state index < -0.39 is 0 Å². The van der Waals surface area contributed by atoms with Gasteiger partial charge in [-0.1, -0.05) is 18.2 Å². The van der Waals surface area contributed by atoms with E-state index in [0.29, 0.717) is 6.04 Å². The number of anilines is 1. The van der Waals surface area contributed by atoms with Gasteiger partial charge in [0.1, 0.15) is 0 Å². The van der Waals surface area contributed by atoms with Gasteiger partial charge in [0.05, 0.1) is 17.1 Å². The lowest BCUT2D eigenvalue weighted by Crippen LogP contribution is -2.15. The summed E-state index contributed by atoms with van der Waals surface area (Å²) >= 11 is 1.94. The smallest absolute Gasteiger partial charge is 0.0907 e. The van der Waals surface area contributed by atoms with E-state index in [-0.39, 0.29) is 0 Å². The predicted molar refractivity (Wildman–Crippen MR) is 87.7 cm³/mol. The van der Waals surface area contributed by atoms with E-state index in [1.807, 2.05) is 17.8 Å². The van der Waals surface area contributed by atoms with Gasteiger partial charge in [-0.3, -0.25) is 9.97 Å². The number of thioether (sulfide) groups is 1. The van der Waals surface area contributed by atoms with Crippen molar-refractivity contribution in [1.29, 1.82) is 0 Å². The summed E-state index contributed by atoms with van der Waals surface area (Å²) in [7, 11) is 0. The molecule has 1 N–H and O–H groups in total. The van der Waals surface area contributed by atoms with Crippen molar-refractivity contribution >= 4 is 28.5 Å². The van der Waals surface area contributed by atoms with Crippen molar-refractivity contribution in [2.75, 3.05) is 11.1 Å². The highest BCUT2D eigenvalue weighted by atomic mass is 32.2. The third-order valence-electron chi connectivity index (χ3n) is 3.77. The molecule has 1 atom stereocenters. The summed E-state index contributed by atoms with van der Waals surface area (Å²) in [5.41, 5.74) is 4.37. The first kappa shape index (κ1) is 12.7. The molecule has 0 bridgehead atoms. The second-order valence-electron chi connectivity index (χ2n) is 5.13. The maximum absolute atomic E-state index is 4.37. The fourth-order valence-corrected chi connectivity index (χ4v) is 3.87. The number of rotatable bonds is 2. The molecule has 0 saturated carbocycles. The van der Waals surface area contributed by atoms with Crippen LogP contribution in [0, 0.1) is 0 Å². The summed E-state index contributed by atoms with van der Waals surface area (Å²) < 4.78 is 0. The molecule has 3 aromatic rings. The van der Waals surface area contributed by atoms with E-state index in [9.17, 15) is 0 Å². The number of benzene rings is 2. The number of aromatic nitrogens is 2. The van der Waals surface area contributed by atoms with Crippen molar-refractivity contribution in [3.63, 3.8) is 0 Å². The molecule has 4 heteroatoms. The Labute approximate surface area is 127 Å². The van der Waals surface area contributed by atoms with Crippen molar-refractivity contribution < 1.29 is 0 Å². The summed E-state index contributed by atoms with van der Waals surface area (Å²) in [5.74, 6) is 1.15. The minimum atomic E-state index is 0.372. The Morgan fingerprint density at radius 1 is 1.00 bits per heavy atom. The average molecular weight is 293 g/mol. The summed E-state index contributed by atoms with van der Waals surface area (Å²) in [4.78, 5) is 10.1. The predicted octanol–water partition coefficient (Wildman–Crippen LogP) is 4.28. The van der Waals surface area contributed by atoms with Gasteiger partial charge in [0.25, 0.3) is 0 Å². The lowest BCUT2D eigenvalue weighted by Gasteiger charge is -2.26. The molecular formula is C17H15N3S. The largest absolute Gasteiger partial charge is 0.378 e. The third kappa shape index (κ3) is 2.47. The Hall–Kier alpha value is -2.07. The first-order valence-electron chi connectivity index (χ1n) is 7.09. The van der Waals surface area contributed by atoms with E-state index in [4.69, 9.17) is 0 Å². The van der Waals surface area contributed by atoms with E-state index in [2.05, 4.69) is 51.7 Å². The topological polar surface area (TPSA) is 37.8 Å². The van der Waals surface area contributed by atoms with Gasteiger partial charge in [-0.2, -0.15) is 0 Å². The fourth-order valence-electron chi connectivity index (χ4n) is 2.75. The molecule has 1 aliphatic rings. The Morgan fingerprint density at radius 2 is 1.86 bits per heavy atom. The van der Waals surface area contributed by atoms with Crippen molar-refractivity contribution in [2.24, 2.45) is 0 Å². The summed E-state index contributed by atoms with van der Waals surface area (Å²) in [6.07, 6.45) is 4.60. The van der Waals surface area contributed by atoms with Crippen LogP contribution in [0.2, 0.25) is 0 Å². The maximum Gasteiger partial charge on any atom is 0.0907 e. The average Bonchev–Trinajstić information content (AvgIpc) is 2.55. The van der Waals surface area contributed by atoms with Gasteiger partial charge in [0.15, 0.2) is 0 Å². The molecule has 104 valence electrons. The van der Waals surface area contributed by atoms with Crippen LogP contribution >= 0.6 is 11.8 Å². The number of hydrogen-bond donors (Lipinski definition) is 1. The van der Waals surface area contributed by atoms with Crippen LogP contribution in [0.5, 0.6) is 0 Å². The van der Waals surface area contributed by atoms with Crippen LogP contribution in [-0.2, 0) is 0 Å². The number of nitrogens with zero attached hydrogens (tertiary/aromatic N) is 2. The van der Waals surface area contributed by atoms with Crippen LogP contribution in [0.1, 0.15) is 18.0 Å². The van der Waals surface area contributed by atoms with Gasteiger partial charge < -0.3 is 5.32 Å². The Balaban J connectivity index is 1.66. The third-order valence-corrected chi connectivity index (χ3v) is 4.89. The fraction of sp³-hybridized carbons (Fsp3) is 0.176. The van der Waals surface area contributed by atoms with E-state index in [0.717, 1.165) is 28.9 Å². The molecular weight excluding hydrogens is 278 g/mol. The van der Waals surface area contributed by atoms with Gasteiger partial charge >= 0.3 is 0 Å². The summed E-state index contributed by atoms with van der Waals surface area (Å²) in [6.45, 7) is 0. The molecule has 1 aliphatic heterocycles. The summed E-state index contributed by atoms with van der Waals surface area (Å²) in [6, 6.07) is 15.2. The van der Waals surface area contributed by atoms with Gasteiger partial charge in [0.2, 0.25) is 0 Å². The van der Waals surface area contributed by atoms with Crippen LogP contribution in [0.3, 0.4) is 0 Å². The molecule has 0 spiro atoms.